The molecule has 3 aromatic rings. The van der Waals surface area contributed by atoms with Crippen molar-refractivity contribution in [3.05, 3.63) is 18.7 Å². The molecular formula is C19H25N9O2. The lowest BCUT2D eigenvalue weighted by molar-refractivity contribution is -0.120. The summed E-state index contributed by atoms with van der Waals surface area (Å²) in [6, 6.07) is 0. The highest BCUT2D eigenvalue weighted by atomic mass is 16.5. The Morgan fingerprint density at radius 3 is 2.67 bits per heavy atom. The minimum absolute atomic E-state index is 0.0491. The number of hydrogen-bond acceptors (Lipinski definition) is 9. The Kier molecular flexibility index (Phi) is 5.98. The SMILES string of the molecule is CNC(=O)CCCCn1cnc2c(-c3cnc(N)nc3)nc(N3CCOCC3)nc21. The van der Waals surface area contributed by atoms with Gasteiger partial charge >= 0.3 is 0 Å². The molecule has 11 heteroatoms. The van der Waals surface area contributed by atoms with E-state index in [0.717, 1.165) is 37.1 Å². The number of ether oxygens (including phenoxy) is 1. The third-order valence-corrected chi connectivity index (χ3v) is 5.02. The summed E-state index contributed by atoms with van der Waals surface area (Å²) in [5.41, 5.74) is 8.48. The molecule has 1 aliphatic rings. The fourth-order valence-corrected chi connectivity index (χ4v) is 3.36. The van der Waals surface area contributed by atoms with E-state index in [2.05, 4.69) is 25.2 Å². The Balaban J connectivity index is 1.67. The van der Waals surface area contributed by atoms with Crippen LogP contribution in [-0.4, -0.2) is 68.7 Å². The van der Waals surface area contributed by atoms with Crippen molar-refractivity contribution in [1.82, 2.24) is 34.8 Å². The summed E-state index contributed by atoms with van der Waals surface area (Å²) in [4.78, 5) is 35.9. The Morgan fingerprint density at radius 2 is 1.93 bits per heavy atom. The zero-order chi connectivity index (χ0) is 20.9. The number of carbonyl (C=O) groups is 1. The Labute approximate surface area is 173 Å². The van der Waals surface area contributed by atoms with Crippen molar-refractivity contribution in [2.45, 2.75) is 25.8 Å². The summed E-state index contributed by atoms with van der Waals surface area (Å²) in [7, 11) is 1.65. The van der Waals surface area contributed by atoms with Crippen molar-refractivity contribution in [2.24, 2.45) is 0 Å². The number of nitrogens with zero attached hydrogens (tertiary/aromatic N) is 7. The number of nitrogens with one attached hydrogen (secondary N) is 1. The monoisotopic (exact) mass is 411 g/mol. The number of aryl methyl sites for hydroxylation is 1. The van der Waals surface area contributed by atoms with Crippen LogP contribution in [0.5, 0.6) is 0 Å². The van der Waals surface area contributed by atoms with Crippen LogP contribution in [0.15, 0.2) is 18.7 Å². The van der Waals surface area contributed by atoms with Crippen molar-refractivity contribution in [2.75, 3.05) is 44.0 Å². The molecule has 3 aromatic heterocycles. The van der Waals surface area contributed by atoms with Gasteiger partial charge in [0.1, 0.15) is 11.2 Å². The molecule has 30 heavy (non-hydrogen) atoms. The number of fused-ring (bicyclic) bond motifs is 1. The molecule has 0 aromatic carbocycles. The number of morpholine rings is 1. The molecule has 0 bridgehead atoms. The molecule has 3 N–H and O–H groups in total. The molecule has 11 nitrogen and oxygen atoms in total. The summed E-state index contributed by atoms with van der Waals surface area (Å²) < 4.78 is 7.46. The van der Waals surface area contributed by atoms with Crippen LogP contribution in [0.25, 0.3) is 22.4 Å². The third kappa shape index (κ3) is 4.30. The van der Waals surface area contributed by atoms with Gasteiger partial charge in [0.15, 0.2) is 5.65 Å². The van der Waals surface area contributed by atoms with Crippen LogP contribution in [0.1, 0.15) is 19.3 Å². The molecule has 0 atom stereocenters. The average Bonchev–Trinajstić information content (AvgIpc) is 3.20. The number of aromatic nitrogens is 6. The van der Waals surface area contributed by atoms with Gasteiger partial charge in [-0.15, -0.1) is 0 Å². The van der Waals surface area contributed by atoms with Crippen molar-refractivity contribution >= 4 is 29.0 Å². The highest BCUT2D eigenvalue weighted by Gasteiger charge is 2.20. The molecule has 0 unspecified atom stereocenters. The van der Waals surface area contributed by atoms with E-state index in [9.17, 15) is 4.79 Å². The highest BCUT2D eigenvalue weighted by molar-refractivity contribution is 5.88. The minimum Gasteiger partial charge on any atom is -0.378 e. The number of rotatable bonds is 7. The first-order valence-corrected chi connectivity index (χ1v) is 9.99. The van der Waals surface area contributed by atoms with E-state index in [1.807, 2.05) is 4.57 Å². The number of nitrogen functional groups attached to an aromatic ring is 1. The van der Waals surface area contributed by atoms with E-state index < -0.39 is 0 Å². The van der Waals surface area contributed by atoms with Gasteiger partial charge in [-0.3, -0.25) is 4.79 Å². The number of imidazole rings is 1. The largest absolute Gasteiger partial charge is 0.378 e. The first kappa shape index (κ1) is 20.0. The number of anilines is 2. The van der Waals surface area contributed by atoms with Crippen molar-refractivity contribution < 1.29 is 9.53 Å². The van der Waals surface area contributed by atoms with Gasteiger partial charge in [-0.1, -0.05) is 0 Å². The number of nitrogens with two attached hydrogens (primary N) is 1. The highest BCUT2D eigenvalue weighted by Crippen LogP contribution is 2.27. The summed E-state index contributed by atoms with van der Waals surface area (Å²) in [5, 5.41) is 2.65. The smallest absolute Gasteiger partial charge is 0.228 e. The molecule has 1 amide bonds. The number of unbranched alkanes of at least 4 members (excludes halogenated alkanes) is 1. The lowest BCUT2D eigenvalue weighted by Gasteiger charge is -2.27. The van der Waals surface area contributed by atoms with Crippen molar-refractivity contribution in [1.29, 1.82) is 0 Å². The normalized spacial score (nSPS) is 14.2. The van der Waals surface area contributed by atoms with Gasteiger partial charge in [-0.25, -0.2) is 19.9 Å². The van der Waals surface area contributed by atoms with E-state index in [1.54, 1.807) is 25.8 Å². The first-order valence-electron chi connectivity index (χ1n) is 9.99. The van der Waals surface area contributed by atoms with Gasteiger partial charge < -0.3 is 25.3 Å². The predicted molar refractivity (Wildman–Crippen MR) is 112 cm³/mol. The fraction of sp³-hybridized carbons (Fsp3) is 0.474. The lowest BCUT2D eigenvalue weighted by atomic mass is 10.2. The Morgan fingerprint density at radius 1 is 1.17 bits per heavy atom. The van der Waals surface area contributed by atoms with Crippen molar-refractivity contribution in [3.8, 4) is 11.3 Å². The van der Waals surface area contributed by atoms with Crippen LogP contribution in [-0.2, 0) is 16.1 Å². The maximum Gasteiger partial charge on any atom is 0.228 e. The topological polar surface area (TPSA) is 137 Å². The van der Waals surface area contributed by atoms with Crippen LogP contribution >= 0.6 is 0 Å². The Hall–Kier alpha value is -3.34. The van der Waals surface area contributed by atoms with Gasteiger partial charge in [0.05, 0.1) is 19.5 Å². The summed E-state index contributed by atoms with van der Waals surface area (Å²) in [6.07, 6.45) is 7.20. The van der Waals surface area contributed by atoms with E-state index in [-0.39, 0.29) is 11.9 Å². The lowest BCUT2D eigenvalue weighted by Crippen LogP contribution is -2.37. The molecular weight excluding hydrogens is 386 g/mol. The second-order valence-electron chi connectivity index (χ2n) is 7.04. The first-order chi connectivity index (χ1) is 14.7. The van der Waals surface area contributed by atoms with Gasteiger partial charge in [0, 0.05) is 51.1 Å². The molecule has 158 valence electrons. The zero-order valence-electron chi connectivity index (χ0n) is 16.9. The van der Waals surface area contributed by atoms with Crippen LogP contribution < -0.4 is 16.0 Å². The quantitative estimate of drug-likeness (QED) is 0.536. The summed E-state index contributed by atoms with van der Waals surface area (Å²) in [6.45, 7) is 3.44. The predicted octanol–water partition coefficient (Wildman–Crippen LogP) is 0.618. The zero-order valence-corrected chi connectivity index (χ0v) is 16.9. The second-order valence-corrected chi connectivity index (χ2v) is 7.04. The fourth-order valence-electron chi connectivity index (χ4n) is 3.36. The second kappa shape index (κ2) is 8.99. The van der Waals surface area contributed by atoms with Gasteiger partial charge in [0.2, 0.25) is 17.8 Å². The maximum absolute atomic E-state index is 11.4. The molecule has 1 aliphatic heterocycles. The molecule has 4 heterocycles. The van der Waals surface area contributed by atoms with E-state index in [4.69, 9.17) is 20.4 Å². The van der Waals surface area contributed by atoms with Gasteiger partial charge in [-0.2, -0.15) is 4.98 Å². The van der Waals surface area contributed by atoms with E-state index in [1.165, 1.54) is 0 Å². The molecule has 0 aliphatic carbocycles. The Bertz CT molecular complexity index is 1010. The molecule has 0 radical (unpaired) electrons. The van der Waals surface area contributed by atoms with Crippen LogP contribution in [0.2, 0.25) is 0 Å². The van der Waals surface area contributed by atoms with Gasteiger partial charge in [0.25, 0.3) is 0 Å². The molecule has 1 saturated heterocycles. The third-order valence-electron chi connectivity index (χ3n) is 5.02. The van der Waals surface area contributed by atoms with Crippen molar-refractivity contribution in [3.63, 3.8) is 0 Å². The number of amides is 1. The molecule has 4 rings (SSSR count). The van der Waals surface area contributed by atoms with Crippen LogP contribution in [0.3, 0.4) is 0 Å². The molecule has 1 fully saturated rings. The van der Waals surface area contributed by atoms with Gasteiger partial charge in [-0.05, 0) is 12.8 Å². The number of carbonyl (C=O) groups excluding carboxylic acids is 1. The number of hydrogen-bond donors (Lipinski definition) is 2. The standard InChI is InChI=1S/C19H25N9O2/c1-21-14(29)4-2-3-5-28-12-24-16-15(13-10-22-18(20)23-11-13)25-19(26-17(16)28)27-6-8-30-9-7-27/h10-12H,2-9H2,1H3,(H,21,29)(H2,20,22,23). The maximum atomic E-state index is 11.4. The summed E-state index contributed by atoms with van der Waals surface area (Å²) in [5.74, 6) is 0.886. The van der Waals surface area contributed by atoms with Crippen LogP contribution in [0, 0.1) is 0 Å². The molecule has 0 saturated carbocycles. The average molecular weight is 411 g/mol. The van der Waals surface area contributed by atoms with E-state index >= 15 is 0 Å². The van der Waals surface area contributed by atoms with Crippen LogP contribution in [0.4, 0.5) is 11.9 Å². The summed E-state index contributed by atoms with van der Waals surface area (Å²) >= 11 is 0. The van der Waals surface area contributed by atoms with E-state index in [0.29, 0.717) is 43.3 Å². The minimum atomic E-state index is 0.0491. The molecule has 0 spiro atoms.